The van der Waals surface area contributed by atoms with E-state index in [0.29, 0.717) is 12.0 Å². The first-order valence-electron chi connectivity index (χ1n) is 7.21. The van der Waals surface area contributed by atoms with Crippen molar-refractivity contribution < 1.29 is 0 Å². The molecule has 0 saturated heterocycles. The van der Waals surface area contributed by atoms with Crippen LogP contribution in [0.4, 0.5) is 0 Å². The molecule has 3 nitrogen and oxygen atoms in total. The SMILES string of the molecule is Cc1[nH]c(C2CCC(N)CC2)nc1-c1ccc(Br)cc1. The minimum atomic E-state index is 0.383. The monoisotopic (exact) mass is 333 g/mol. The highest BCUT2D eigenvalue weighted by Gasteiger charge is 2.23. The van der Waals surface area contributed by atoms with Gasteiger partial charge in [-0.25, -0.2) is 4.98 Å². The van der Waals surface area contributed by atoms with Crippen molar-refractivity contribution >= 4 is 15.9 Å². The lowest BCUT2D eigenvalue weighted by Gasteiger charge is -2.24. The number of nitrogens with one attached hydrogen (secondary N) is 1. The largest absolute Gasteiger partial charge is 0.345 e. The van der Waals surface area contributed by atoms with E-state index in [0.717, 1.165) is 47.4 Å². The lowest BCUT2D eigenvalue weighted by atomic mass is 9.86. The van der Waals surface area contributed by atoms with Crippen molar-refractivity contribution in [2.75, 3.05) is 0 Å². The van der Waals surface area contributed by atoms with Crippen LogP contribution in [0, 0.1) is 6.92 Å². The van der Waals surface area contributed by atoms with Crippen molar-refractivity contribution in [2.24, 2.45) is 5.73 Å². The zero-order valence-electron chi connectivity index (χ0n) is 11.7. The van der Waals surface area contributed by atoms with Gasteiger partial charge in [-0.3, -0.25) is 0 Å². The lowest BCUT2D eigenvalue weighted by Crippen LogP contribution is -2.26. The van der Waals surface area contributed by atoms with Gasteiger partial charge in [0.25, 0.3) is 0 Å². The van der Waals surface area contributed by atoms with Crippen LogP contribution >= 0.6 is 15.9 Å². The molecule has 1 saturated carbocycles. The third-order valence-corrected chi connectivity index (χ3v) is 4.71. The predicted molar refractivity (Wildman–Crippen MR) is 85.6 cm³/mol. The number of aromatic amines is 1. The summed E-state index contributed by atoms with van der Waals surface area (Å²) in [5, 5.41) is 0. The van der Waals surface area contributed by atoms with Gasteiger partial charge in [-0.2, -0.15) is 0 Å². The van der Waals surface area contributed by atoms with E-state index < -0.39 is 0 Å². The van der Waals surface area contributed by atoms with Crippen LogP contribution in [0.2, 0.25) is 0 Å². The standard InChI is InChI=1S/C16H20BrN3/c1-10-15(11-2-6-13(17)7-3-11)20-16(19-10)12-4-8-14(18)9-5-12/h2-3,6-7,12,14H,4-5,8-9,18H2,1H3,(H,19,20). The van der Waals surface area contributed by atoms with Crippen molar-refractivity contribution in [1.29, 1.82) is 0 Å². The summed E-state index contributed by atoms with van der Waals surface area (Å²) in [6.45, 7) is 2.10. The summed E-state index contributed by atoms with van der Waals surface area (Å²) in [7, 11) is 0. The normalized spacial score (nSPS) is 22.9. The molecule has 4 heteroatoms. The van der Waals surface area contributed by atoms with Crippen LogP contribution < -0.4 is 5.73 Å². The van der Waals surface area contributed by atoms with E-state index in [2.05, 4.69) is 52.1 Å². The second kappa shape index (κ2) is 5.70. The fourth-order valence-electron chi connectivity index (χ4n) is 2.96. The molecule has 1 aliphatic carbocycles. The molecule has 0 amide bonds. The van der Waals surface area contributed by atoms with Gasteiger partial charge in [0.1, 0.15) is 5.82 Å². The Morgan fingerprint density at radius 1 is 1.15 bits per heavy atom. The number of H-pyrrole nitrogens is 1. The fraction of sp³-hybridized carbons (Fsp3) is 0.438. The van der Waals surface area contributed by atoms with Crippen LogP contribution in [0.3, 0.4) is 0 Å². The summed E-state index contributed by atoms with van der Waals surface area (Å²) in [4.78, 5) is 8.33. The summed E-state index contributed by atoms with van der Waals surface area (Å²) >= 11 is 3.47. The highest BCUT2D eigenvalue weighted by atomic mass is 79.9. The van der Waals surface area contributed by atoms with Crippen LogP contribution in [0.25, 0.3) is 11.3 Å². The molecular weight excluding hydrogens is 314 g/mol. The van der Waals surface area contributed by atoms with Crippen molar-refractivity contribution in [2.45, 2.75) is 44.6 Å². The van der Waals surface area contributed by atoms with Gasteiger partial charge in [0.15, 0.2) is 0 Å². The fourth-order valence-corrected chi connectivity index (χ4v) is 3.22. The zero-order chi connectivity index (χ0) is 14.1. The molecule has 20 heavy (non-hydrogen) atoms. The quantitative estimate of drug-likeness (QED) is 0.867. The molecule has 0 radical (unpaired) electrons. The van der Waals surface area contributed by atoms with Gasteiger partial charge in [0.2, 0.25) is 0 Å². The molecule has 1 heterocycles. The van der Waals surface area contributed by atoms with Gasteiger partial charge in [0, 0.05) is 27.7 Å². The lowest BCUT2D eigenvalue weighted by molar-refractivity contribution is 0.386. The maximum absolute atomic E-state index is 5.98. The maximum atomic E-state index is 5.98. The molecule has 1 aromatic carbocycles. The van der Waals surface area contributed by atoms with E-state index >= 15 is 0 Å². The van der Waals surface area contributed by atoms with E-state index in [4.69, 9.17) is 10.7 Å². The first-order chi connectivity index (χ1) is 9.63. The minimum Gasteiger partial charge on any atom is -0.345 e. The average Bonchev–Trinajstić information content (AvgIpc) is 2.82. The summed E-state index contributed by atoms with van der Waals surface area (Å²) in [6.07, 6.45) is 4.51. The van der Waals surface area contributed by atoms with E-state index in [1.165, 1.54) is 5.56 Å². The number of aromatic nitrogens is 2. The maximum Gasteiger partial charge on any atom is 0.110 e. The Morgan fingerprint density at radius 2 is 1.80 bits per heavy atom. The Kier molecular flexibility index (Phi) is 3.94. The van der Waals surface area contributed by atoms with Crippen LogP contribution in [-0.2, 0) is 0 Å². The summed E-state index contributed by atoms with van der Waals surface area (Å²) < 4.78 is 1.09. The van der Waals surface area contributed by atoms with Crippen LogP contribution in [0.15, 0.2) is 28.7 Å². The number of hydrogen-bond acceptors (Lipinski definition) is 2. The Labute approximate surface area is 128 Å². The van der Waals surface area contributed by atoms with E-state index in [1.807, 2.05) is 0 Å². The second-order valence-corrected chi connectivity index (χ2v) is 6.63. The van der Waals surface area contributed by atoms with Crippen LogP contribution in [0.5, 0.6) is 0 Å². The molecule has 0 unspecified atom stereocenters. The predicted octanol–water partition coefficient (Wildman–Crippen LogP) is 4.13. The Bertz CT molecular complexity index is 580. The third-order valence-electron chi connectivity index (χ3n) is 4.18. The van der Waals surface area contributed by atoms with Crippen molar-refractivity contribution in [1.82, 2.24) is 9.97 Å². The summed E-state index contributed by atoms with van der Waals surface area (Å²) in [5.74, 6) is 1.67. The first kappa shape index (κ1) is 13.8. The van der Waals surface area contributed by atoms with Gasteiger partial charge in [-0.05, 0) is 44.7 Å². The highest BCUT2D eigenvalue weighted by Crippen LogP contribution is 2.33. The summed E-state index contributed by atoms with van der Waals surface area (Å²) in [5.41, 5.74) is 9.37. The molecule has 2 aromatic rings. The minimum absolute atomic E-state index is 0.383. The van der Waals surface area contributed by atoms with E-state index in [9.17, 15) is 0 Å². The van der Waals surface area contributed by atoms with Crippen LogP contribution in [-0.4, -0.2) is 16.0 Å². The highest BCUT2D eigenvalue weighted by molar-refractivity contribution is 9.10. The van der Waals surface area contributed by atoms with Gasteiger partial charge < -0.3 is 10.7 Å². The molecule has 1 aliphatic rings. The van der Waals surface area contributed by atoms with Crippen molar-refractivity contribution in [3.05, 3.63) is 40.3 Å². The number of nitrogens with two attached hydrogens (primary N) is 1. The number of rotatable bonds is 2. The molecule has 0 atom stereocenters. The molecule has 1 aromatic heterocycles. The number of nitrogens with zero attached hydrogens (tertiary/aromatic N) is 1. The first-order valence-corrected chi connectivity index (χ1v) is 8.01. The number of imidazole rings is 1. The van der Waals surface area contributed by atoms with Crippen LogP contribution in [0.1, 0.15) is 43.1 Å². The van der Waals surface area contributed by atoms with Gasteiger partial charge in [-0.15, -0.1) is 0 Å². The molecule has 0 bridgehead atoms. The topological polar surface area (TPSA) is 54.7 Å². The molecule has 0 aliphatic heterocycles. The van der Waals surface area contributed by atoms with E-state index in [1.54, 1.807) is 0 Å². The zero-order valence-corrected chi connectivity index (χ0v) is 13.3. The number of aryl methyl sites for hydroxylation is 1. The third kappa shape index (κ3) is 2.81. The Morgan fingerprint density at radius 3 is 2.45 bits per heavy atom. The van der Waals surface area contributed by atoms with Gasteiger partial charge in [-0.1, -0.05) is 28.1 Å². The molecular formula is C16H20BrN3. The molecule has 3 rings (SSSR count). The molecule has 106 valence electrons. The number of hydrogen-bond donors (Lipinski definition) is 2. The van der Waals surface area contributed by atoms with E-state index in [-0.39, 0.29) is 0 Å². The number of halogens is 1. The Balaban J connectivity index is 1.85. The van der Waals surface area contributed by atoms with Crippen molar-refractivity contribution in [3.8, 4) is 11.3 Å². The smallest absolute Gasteiger partial charge is 0.110 e. The average molecular weight is 334 g/mol. The van der Waals surface area contributed by atoms with Gasteiger partial charge >= 0.3 is 0 Å². The van der Waals surface area contributed by atoms with Gasteiger partial charge in [0.05, 0.1) is 5.69 Å². The molecule has 1 fully saturated rings. The second-order valence-electron chi connectivity index (χ2n) is 5.71. The molecule has 0 spiro atoms. The van der Waals surface area contributed by atoms with Crippen molar-refractivity contribution in [3.63, 3.8) is 0 Å². The number of benzene rings is 1. The summed E-state index contributed by atoms with van der Waals surface area (Å²) in [6, 6.07) is 8.71. The Hall–Kier alpha value is -1.13. The molecule has 3 N–H and O–H groups in total.